The van der Waals surface area contributed by atoms with Gasteiger partial charge in [0.2, 0.25) is 0 Å². The molecule has 0 bridgehead atoms. The normalized spacial score (nSPS) is 29.7. The molecule has 1 N–H and O–H groups in total. The highest BCUT2D eigenvalue weighted by molar-refractivity contribution is 5.73. The molecule has 5 heteroatoms. The first-order valence-electron chi connectivity index (χ1n) is 6.38. The quantitative estimate of drug-likeness (QED) is 0.779. The molecule has 0 aromatic rings. The molecule has 1 saturated heterocycles. The van der Waals surface area contributed by atoms with Crippen LogP contribution in [0.1, 0.15) is 40.0 Å². The Morgan fingerprint density at radius 3 is 2.39 bits per heavy atom. The van der Waals surface area contributed by atoms with Gasteiger partial charge in [-0.15, -0.1) is 0 Å². The zero-order chi connectivity index (χ0) is 13.4. The van der Waals surface area contributed by atoms with Gasteiger partial charge in [0.25, 0.3) is 0 Å². The molecular weight excluding hydrogens is 234 g/mol. The van der Waals surface area contributed by atoms with Crippen molar-refractivity contribution in [2.24, 2.45) is 5.41 Å². The summed E-state index contributed by atoms with van der Waals surface area (Å²) in [5, 5.41) is 2.89. The van der Waals surface area contributed by atoms with Crippen molar-refractivity contribution in [3.8, 4) is 0 Å². The van der Waals surface area contributed by atoms with Crippen LogP contribution in [0.2, 0.25) is 0 Å². The highest BCUT2D eigenvalue weighted by atomic mass is 16.6. The minimum Gasteiger partial charge on any atom is -0.444 e. The average molecular weight is 255 g/mol. The van der Waals surface area contributed by atoms with Gasteiger partial charge in [0.05, 0.1) is 17.6 Å². The van der Waals surface area contributed by atoms with E-state index in [9.17, 15) is 9.59 Å². The van der Waals surface area contributed by atoms with E-state index in [2.05, 4.69) is 5.32 Å². The number of carbonyl (C=O) groups is 2. The molecule has 1 saturated carbocycles. The summed E-state index contributed by atoms with van der Waals surface area (Å²) in [6, 6.07) is 0. The summed E-state index contributed by atoms with van der Waals surface area (Å²) in [6.45, 7) is 6.42. The number of aldehydes is 1. The number of amides is 1. The maximum absolute atomic E-state index is 11.9. The first-order chi connectivity index (χ1) is 8.33. The summed E-state index contributed by atoms with van der Waals surface area (Å²) >= 11 is 0. The van der Waals surface area contributed by atoms with Crippen LogP contribution in [0.4, 0.5) is 4.79 Å². The van der Waals surface area contributed by atoms with Crippen LogP contribution in [0.15, 0.2) is 0 Å². The van der Waals surface area contributed by atoms with Gasteiger partial charge in [0, 0.05) is 6.61 Å². The molecule has 2 aliphatic rings. The zero-order valence-corrected chi connectivity index (χ0v) is 11.2. The molecule has 1 heterocycles. The third-order valence-corrected chi connectivity index (χ3v) is 3.73. The van der Waals surface area contributed by atoms with Gasteiger partial charge in [0.15, 0.2) is 0 Å². The summed E-state index contributed by atoms with van der Waals surface area (Å²) in [7, 11) is 0. The second kappa shape index (κ2) is 4.23. The summed E-state index contributed by atoms with van der Waals surface area (Å²) in [5.74, 6) is 0. The van der Waals surface area contributed by atoms with Gasteiger partial charge in [-0.3, -0.25) is 0 Å². The maximum Gasteiger partial charge on any atom is 0.408 e. The molecule has 1 aliphatic carbocycles. The molecule has 18 heavy (non-hydrogen) atoms. The highest BCUT2D eigenvalue weighted by Gasteiger charge is 2.62. The molecule has 1 unspecified atom stereocenters. The summed E-state index contributed by atoms with van der Waals surface area (Å²) in [5.41, 5.74) is -1.56. The standard InChI is InChI=1S/C13H21NO4/c1-11(2,3)18-10(16)14-13(6-7-17-9-13)12(8-15)4-5-12/h8H,4-7,9H2,1-3H3,(H,14,16). The van der Waals surface area contributed by atoms with Gasteiger partial charge in [-0.25, -0.2) is 4.79 Å². The fourth-order valence-electron chi connectivity index (χ4n) is 2.52. The van der Waals surface area contributed by atoms with Crippen molar-refractivity contribution < 1.29 is 19.1 Å². The smallest absolute Gasteiger partial charge is 0.408 e. The average Bonchev–Trinajstić information content (AvgIpc) is 2.92. The summed E-state index contributed by atoms with van der Waals surface area (Å²) < 4.78 is 10.7. The van der Waals surface area contributed by atoms with Gasteiger partial charge >= 0.3 is 6.09 Å². The topological polar surface area (TPSA) is 64.6 Å². The number of rotatable bonds is 3. The highest BCUT2D eigenvalue weighted by Crippen LogP contribution is 2.55. The number of hydrogen-bond donors (Lipinski definition) is 1. The van der Waals surface area contributed by atoms with Crippen LogP contribution < -0.4 is 5.32 Å². The van der Waals surface area contributed by atoms with E-state index in [1.807, 2.05) is 20.8 Å². The Morgan fingerprint density at radius 2 is 2.00 bits per heavy atom. The minimum atomic E-state index is -0.572. The number of nitrogens with one attached hydrogen (secondary N) is 1. The van der Waals surface area contributed by atoms with E-state index >= 15 is 0 Å². The Labute approximate surface area is 107 Å². The number of carbonyl (C=O) groups excluding carboxylic acids is 2. The van der Waals surface area contributed by atoms with Gasteiger partial charge in [0.1, 0.15) is 11.9 Å². The van der Waals surface area contributed by atoms with E-state index in [1.54, 1.807) is 0 Å². The Kier molecular flexibility index (Phi) is 3.13. The van der Waals surface area contributed by atoms with Crippen molar-refractivity contribution in [3.05, 3.63) is 0 Å². The Balaban J connectivity index is 2.08. The van der Waals surface area contributed by atoms with E-state index in [0.29, 0.717) is 19.6 Å². The molecule has 0 spiro atoms. The van der Waals surface area contributed by atoms with Crippen molar-refractivity contribution >= 4 is 12.4 Å². The lowest BCUT2D eigenvalue weighted by molar-refractivity contribution is -0.115. The summed E-state index contributed by atoms with van der Waals surface area (Å²) in [4.78, 5) is 23.2. The lowest BCUT2D eigenvalue weighted by Gasteiger charge is -2.35. The Bertz CT molecular complexity index is 348. The number of ether oxygens (including phenoxy) is 2. The molecular formula is C13H21NO4. The van der Waals surface area contributed by atoms with Crippen LogP contribution in [0.5, 0.6) is 0 Å². The van der Waals surface area contributed by atoms with E-state index in [4.69, 9.17) is 9.47 Å². The van der Waals surface area contributed by atoms with Gasteiger partial charge in [-0.1, -0.05) is 0 Å². The molecule has 1 atom stereocenters. The number of alkyl carbamates (subject to hydrolysis) is 1. The second-order valence-electron chi connectivity index (χ2n) is 6.29. The second-order valence-corrected chi connectivity index (χ2v) is 6.29. The maximum atomic E-state index is 11.9. The molecule has 102 valence electrons. The molecule has 0 radical (unpaired) electrons. The van der Waals surface area contributed by atoms with Crippen LogP contribution in [0.3, 0.4) is 0 Å². The molecule has 1 amide bonds. The molecule has 5 nitrogen and oxygen atoms in total. The third-order valence-electron chi connectivity index (χ3n) is 3.73. The van der Waals surface area contributed by atoms with E-state index in [-0.39, 0.29) is 0 Å². The van der Waals surface area contributed by atoms with E-state index in [0.717, 1.165) is 19.1 Å². The fraction of sp³-hybridized carbons (Fsp3) is 0.846. The predicted molar refractivity (Wildman–Crippen MR) is 65.3 cm³/mol. The summed E-state index contributed by atoms with van der Waals surface area (Å²) in [6.07, 6.45) is 2.80. The molecule has 0 aromatic carbocycles. The predicted octanol–water partition coefficient (Wildman–Crippen LogP) is 1.65. The molecule has 1 aliphatic heterocycles. The minimum absolute atomic E-state index is 0.394. The van der Waals surface area contributed by atoms with Crippen molar-refractivity contribution in [3.63, 3.8) is 0 Å². The van der Waals surface area contributed by atoms with E-state index < -0.39 is 22.6 Å². The lowest BCUT2D eigenvalue weighted by atomic mass is 9.81. The van der Waals surface area contributed by atoms with Crippen molar-refractivity contribution in [2.75, 3.05) is 13.2 Å². The fourth-order valence-corrected chi connectivity index (χ4v) is 2.52. The molecule has 2 fully saturated rings. The largest absolute Gasteiger partial charge is 0.444 e. The van der Waals surface area contributed by atoms with Crippen molar-refractivity contribution in [1.82, 2.24) is 5.32 Å². The van der Waals surface area contributed by atoms with Crippen molar-refractivity contribution in [2.45, 2.75) is 51.2 Å². The van der Waals surface area contributed by atoms with Crippen LogP contribution in [0.25, 0.3) is 0 Å². The van der Waals surface area contributed by atoms with Gasteiger partial charge in [-0.2, -0.15) is 0 Å². The lowest BCUT2D eigenvalue weighted by Crippen LogP contribution is -2.57. The van der Waals surface area contributed by atoms with Crippen LogP contribution in [-0.2, 0) is 14.3 Å². The molecule has 0 aromatic heterocycles. The van der Waals surface area contributed by atoms with Gasteiger partial charge < -0.3 is 19.6 Å². The van der Waals surface area contributed by atoms with Crippen LogP contribution >= 0.6 is 0 Å². The SMILES string of the molecule is CC(C)(C)OC(=O)NC1(C2(C=O)CC2)CCOC1. The first kappa shape index (κ1) is 13.3. The van der Waals surface area contributed by atoms with Crippen LogP contribution in [0, 0.1) is 5.41 Å². The number of hydrogen-bond acceptors (Lipinski definition) is 4. The zero-order valence-electron chi connectivity index (χ0n) is 11.2. The third kappa shape index (κ3) is 2.36. The van der Waals surface area contributed by atoms with Gasteiger partial charge in [-0.05, 0) is 40.0 Å². The molecule has 2 rings (SSSR count). The van der Waals surface area contributed by atoms with Crippen LogP contribution in [-0.4, -0.2) is 36.7 Å². The van der Waals surface area contributed by atoms with Crippen molar-refractivity contribution in [1.29, 1.82) is 0 Å². The van der Waals surface area contributed by atoms with E-state index in [1.165, 1.54) is 0 Å². The first-order valence-corrected chi connectivity index (χ1v) is 6.38. The Hall–Kier alpha value is -1.10. The monoisotopic (exact) mass is 255 g/mol. The Morgan fingerprint density at radius 1 is 1.33 bits per heavy atom.